The van der Waals surface area contributed by atoms with E-state index in [-0.39, 0.29) is 0 Å². The lowest BCUT2D eigenvalue weighted by Gasteiger charge is -2.42. The second-order valence-electron chi connectivity index (χ2n) is 16.6. The van der Waals surface area contributed by atoms with E-state index in [4.69, 9.17) is 4.42 Å². The quantitative estimate of drug-likeness (QED) is 0.141. The van der Waals surface area contributed by atoms with Crippen LogP contribution in [0.15, 0.2) is 298 Å². The molecule has 0 amide bonds. The maximum atomic E-state index is 7.30. The molecule has 2 heterocycles. The van der Waals surface area contributed by atoms with Crippen LogP contribution in [0.1, 0.15) is 5.56 Å². The third-order valence-electron chi connectivity index (χ3n) is 12.9. The van der Waals surface area contributed by atoms with Crippen LogP contribution >= 0.6 is 20.1 Å². The molecule has 0 unspecified atom stereocenters. The minimum absolute atomic E-state index is 0.862. The highest BCUT2D eigenvalue weighted by molar-refractivity contribution is 8.34. The van der Waals surface area contributed by atoms with Gasteiger partial charge >= 0.3 is 0 Å². The molecule has 312 valence electrons. The number of rotatable bonds is 9. The molecule has 2 nitrogen and oxygen atoms in total. The van der Waals surface area contributed by atoms with E-state index in [1.54, 1.807) is 0 Å². The predicted octanol–water partition coefficient (Wildman–Crippen LogP) is 17.7. The van der Waals surface area contributed by atoms with Gasteiger partial charge in [-0.05, 0) is 128 Å². The number of furan rings is 1. The Labute approximate surface area is 382 Å². The predicted molar refractivity (Wildman–Crippen MR) is 273 cm³/mol. The van der Waals surface area contributed by atoms with Crippen LogP contribution in [0.4, 0.5) is 0 Å². The van der Waals surface area contributed by atoms with E-state index < -0.39 is 20.1 Å². The number of para-hydroxylation sites is 1. The van der Waals surface area contributed by atoms with Crippen molar-refractivity contribution < 1.29 is 4.42 Å². The van der Waals surface area contributed by atoms with E-state index in [1.807, 2.05) is 0 Å². The molecule has 0 saturated carbocycles. The van der Waals surface area contributed by atoms with Gasteiger partial charge in [-0.15, -0.1) is 20.1 Å². The van der Waals surface area contributed by atoms with Crippen molar-refractivity contribution in [3.05, 3.63) is 260 Å². The van der Waals surface area contributed by atoms with Gasteiger partial charge in [0.1, 0.15) is 5.58 Å². The van der Waals surface area contributed by atoms with Crippen LogP contribution in [0.3, 0.4) is 0 Å². The molecule has 0 aliphatic heterocycles. The van der Waals surface area contributed by atoms with E-state index in [1.165, 1.54) is 55.5 Å². The normalized spacial score (nSPS) is 12.6. The van der Waals surface area contributed by atoms with Gasteiger partial charge in [-0.2, -0.15) is 0 Å². The van der Waals surface area contributed by atoms with E-state index in [0.29, 0.717) is 0 Å². The first-order valence-corrected chi connectivity index (χ1v) is 25.4. The lowest BCUT2D eigenvalue weighted by Crippen LogP contribution is -2.06. The van der Waals surface area contributed by atoms with E-state index in [0.717, 1.165) is 38.7 Å². The van der Waals surface area contributed by atoms with Crippen molar-refractivity contribution in [2.45, 2.75) is 46.1 Å². The SMILES string of the molecule is Cc1ccc2c(c1)c1ccccc1n2-c1cc(S(c2ccccc2)(c2ccccc2)c2ccccc2)cc2c1oc1ccc(S(c3ccccc3)(c3ccccc3)c3ccccc3)cc12. The molecule has 4 heteroatoms. The summed E-state index contributed by atoms with van der Waals surface area (Å²) in [6.07, 6.45) is 0. The summed E-state index contributed by atoms with van der Waals surface area (Å²) in [7, 11) is -4.07. The molecule has 65 heavy (non-hydrogen) atoms. The first-order chi connectivity index (χ1) is 32.2. The van der Waals surface area contributed by atoms with Crippen LogP contribution in [-0.2, 0) is 0 Å². The molecule has 0 atom stereocenters. The Morgan fingerprint density at radius 1 is 0.308 bits per heavy atom. The molecule has 0 spiro atoms. The second kappa shape index (κ2) is 15.9. The van der Waals surface area contributed by atoms with Crippen LogP contribution in [0.5, 0.6) is 0 Å². The minimum atomic E-state index is -2.09. The topological polar surface area (TPSA) is 18.1 Å². The van der Waals surface area contributed by atoms with Crippen LogP contribution in [-0.4, -0.2) is 4.57 Å². The summed E-state index contributed by atoms with van der Waals surface area (Å²) in [4.78, 5) is 10.2. The number of nitrogens with zero attached hydrogens (tertiary/aromatic N) is 1. The number of fused-ring (bicyclic) bond motifs is 6. The molecule has 2 aromatic heterocycles. The van der Waals surface area contributed by atoms with Gasteiger partial charge in [-0.1, -0.05) is 139 Å². The Balaban J connectivity index is 1.26. The van der Waals surface area contributed by atoms with Crippen molar-refractivity contribution in [2.24, 2.45) is 0 Å². The van der Waals surface area contributed by atoms with Gasteiger partial charge in [0, 0.05) is 60.7 Å². The molecule has 10 aromatic carbocycles. The summed E-state index contributed by atoms with van der Waals surface area (Å²) in [6, 6.07) is 94.4. The van der Waals surface area contributed by atoms with Crippen molar-refractivity contribution in [2.75, 3.05) is 0 Å². The summed E-state index contributed by atoms with van der Waals surface area (Å²) < 4.78 is 9.75. The smallest absolute Gasteiger partial charge is 0.159 e. The lowest BCUT2D eigenvalue weighted by molar-refractivity contribution is 0.665. The summed E-state index contributed by atoms with van der Waals surface area (Å²) in [5.74, 6) is 0. The summed E-state index contributed by atoms with van der Waals surface area (Å²) in [6.45, 7) is 2.18. The van der Waals surface area contributed by atoms with Crippen molar-refractivity contribution in [1.29, 1.82) is 0 Å². The number of aromatic nitrogens is 1. The van der Waals surface area contributed by atoms with Crippen LogP contribution in [0.2, 0.25) is 0 Å². The highest BCUT2D eigenvalue weighted by Gasteiger charge is 2.37. The molecule has 0 fully saturated rings. The van der Waals surface area contributed by atoms with Gasteiger partial charge in [0.15, 0.2) is 5.58 Å². The lowest BCUT2D eigenvalue weighted by atomic mass is 10.1. The fraction of sp³-hybridized carbons (Fsp3) is 0.0164. The molecule has 0 N–H and O–H groups in total. The largest absolute Gasteiger partial charge is 0.454 e. The summed E-state index contributed by atoms with van der Waals surface area (Å²) in [5.41, 5.74) is 6.28. The fourth-order valence-corrected chi connectivity index (χ4v) is 17.9. The summed E-state index contributed by atoms with van der Waals surface area (Å²) >= 11 is 0. The average molecular weight is 872 g/mol. The van der Waals surface area contributed by atoms with Gasteiger partial charge in [0.25, 0.3) is 0 Å². The third kappa shape index (κ3) is 6.13. The maximum Gasteiger partial charge on any atom is 0.159 e. The number of aryl methyl sites for hydroxylation is 1. The standard InChI is InChI=1S/C61H45NOS2/c1-44-36-38-58-54(40-44)53-34-20-21-35-57(53)62(58)59-43-52(65(48-28-14-5-15-29-48,49-30-16-6-17-31-49)50-32-18-7-19-33-50)42-56-55-41-51(37-39-60(55)63-61(56)59)64(45-22-8-2-9-23-45,46-24-10-3-11-25-46)47-26-12-4-13-27-47/h2-43H,1H3. The Hall–Kier alpha value is -7.50. The van der Waals surface area contributed by atoms with Crippen LogP contribution in [0, 0.1) is 6.92 Å². The minimum Gasteiger partial charge on any atom is -0.454 e. The molecule has 0 radical (unpaired) electrons. The molecular weight excluding hydrogens is 827 g/mol. The monoisotopic (exact) mass is 871 g/mol. The Morgan fingerprint density at radius 3 is 1.22 bits per heavy atom. The highest BCUT2D eigenvalue weighted by atomic mass is 32.3. The van der Waals surface area contributed by atoms with Gasteiger partial charge in [-0.3, -0.25) is 0 Å². The molecule has 0 saturated heterocycles. The van der Waals surface area contributed by atoms with Gasteiger partial charge in [-0.25, -0.2) is 0 Å². The van der Waals surface area contributed by atoms with E-state index in [2.05, 4.69) is 266 Å². The number of benzene rings is 10. The molecule has 0 aliphatic carbocycles. The van der Waals surface area contributed by atoms with Gasteiger partial charge in [0.2, 0.25) is 0 Å². The average Bonchev–Trinajstić information content (AvgIpc) is 3.91. The molecule has 0 bridgehead atoms. The zero-order valence-corrected chi connectivity index (χ0v) is 37.6. The number of hydrogen-bond acceptors (Lipinski definition) is 1. The fourth-order valence-electron chi connectivity index (χ4n) is 10.1. The van der Waals surface area contributed by atoms with E-state index in [9.17, 15) is 0 Å². The van der Waals surface area contributed by atoms with E-state index >= 15 is 0 Å². The number of hydrogen-bond donors (Lipinski definition) is 0. The Kier molecular flexibility index (Phi) is 9.59. The Bertz CT molecular complexity index is 3450. The molecule has 0 aliphatic rings. The first-order valence-electron chi connectivity index (χ1n) is 22.1. The zero-order valence-electron chi connectivity index (χ0n) is 35.9. The van der Waals surface area contributed by atoms with Crippen LogP contribution < -0.4 is 0 Å². The maximum absolute atomic E-state index is 7.30. The molecule has 12 aromatic rings. The van der Waals surface area contributed by atoms with Crippen molar-refractivity contribution in [1.82, 2.24) is 4.57 Å². The van der Waals surface area contributed by atoms with Gasteiger partial charge in [0.05, 0.1) is 16.7 Å². The molecular formula is C61H45NOS2. The van der Waals surface area contributed by atoms with Crippen LogP contribution in [0.25, 0.3) is 49.4 Å². The van der Waals surface area contributed by atoms with Crippen molar-refractivity contribution in [3.8, 4) is 5.69 Å². The second-order valence-corrected chi connectivity index (χ2v) is 22.8. The highest BCUT2D eigenvalue weighted by Crippen LogP contribution is 2.75. The van der Waals surface area contributed by atoms with Gasteiger partial charge < -0.3 is 8.98 Å². The first kappa shape index (κ1) is 39.1. The zero-order chi connectivity index (χ0) is 43.4. The Morgan fingerprint density at radius 2 is 0.723 bits per heavy atom. The van der Waals surface area contributed by atoms with Crippen molar-refractivity contribution >= 4 is 63.8 Å². The molecule has 12 rings (SSSR count). The summed E-state index contributed by atoms with van der Waals surface area (Å²) in [5, 5.41) is 4.64. The third-order valence-corrected chi connectivity index (χ3v) is 20.6. The van der Waals surface area contributed by atoms with Crippen molar-refractivity contribution in [3.63, 3.8) is 0 Å².